The highest BCUT2D eigenvalue weighted by Gasteiger charge is 2.23. The van der Waals surface area contributed by atoms with E-state index in [4.69, 9.17) is 5.73 Å². The highest BCUT2D eigenvalue weighted by atomic mass is 32.2. The first kappa shape index (κ1) is 15.9. The molecule has 1 aromatic carbocycles. The number of halogens is 1. The van der Waals surface area contributed by atoms with E-state index in [0.29, 0.717) is 18.0 Å². The molecule has 0 amide bonds. The minimum absolute atomic E-state index is 0.0673. The lowest BCUT2D eigenvalue weighted by Crippen LogP contribution is -2.29. The van der Waals surface area contributed by atoms with Crippen LogP contribution < -0.4 is 5.73 Å². The Morgan fingerprint density at radius 2 is 1.95 bits per heavy atom. The molecule has 0 saturated carbocycles. The van der Waals surface area contributed by atoms with Crippen LogP contribution >= 0.6 is 0 Å². The number of aryl methyl sites for hydroxylation is 1. The minimum atomic E-state index is -3.62. The molecule has 108 valence electrons. The van der Waals surface area contributed by atoms with Crippen molar-refractivity contribution in [3.05, 3.63) is 23.5 Å². The van der Waals surface area contributed by atoms with Crippen LogP contribution in [0.15, 0.2) is 17.0 Å². The highest BCUT2D eigenvalue weighted by Crippen LogP contribution is 2.24. The van der Waals surface area contributed by atoms with Gasteiger partial charge in [-0.1, -0.05) is 13.8 Å². The molecule has 2 N–H and O–H groups in total. The molecule has 6 heteroatoms. The number of nitrogens with two attached hydrogens (primary N) is 1. The molecule has 0 atom stereocenters. The van der Waals surface area contributed by atoms with E-state index in [0.717, 1.165) is 12.5 Å². The molecule has 0 aliphatic heterocycles. The third-order valence-electron chi connectivity index (χ3n) is 3.00. The van der Waals surface area contributed by atoms with Gasteiger partial charge in [0.1, 0.15) is 5.82 Å². The Balaban J connectivity index is 3.10. The molecule has 0 bridgehead atoms. The first-order valence-electron chi connectivity index (χ1n) is 6.18. The number of sulfonamides is 1. The quantitative estimate of drug-likeness (QED) is 0.846. The Kier molecular flexibility index (Phi) is 4.92. The third kappa shape index (κ3) is 3.67. The van der Waals surface area contributed by atoms with Gasteiger partial charge in [-0.05, 0) is 37.0 Å². The molecule has 0 aliphatic carbocycles. The maximum atomic E-state index is 13.3. The summed E-state index contributed by atoms with van der Waals surface area (Å²) in [6, 6.07) is 2.34. The molecule has 0 unspecified atom stereocenters. The van der Waals surface area contributed by atoms with Crippen molar-refractivity contribution in [3.63, 3.8) is 0 Å². The van der Waals surface area contributed by atoms with Gasteiger partial charge in [-0.3, -0.25) is 0 Å². The molecular weight excluding hydrogens is 267 g/mol. The van der Waals surface area contributed by atoms with Crippen LogP contribution in [0.5, 0.6) is 0 Å². The van der Waals surface area contributed by atoms with E-state index in [1.54, 1.807) is 6.92 Å². The normalized spacial score (nSPS) is 12.4. The lowest BCUT2D eigenvalue weighted by Gasteiger charge is -2.19. The van der Waals surface area contributed by atoms with Crippen molar-refractivity contribution in [2.45, 2.75) is 32.1 Å². The van der Waals surface area contributed by atoms with Gasteiger partial charge < -0.3 is 5.73 Å². The second kappa shape index (κ2) is 5.88. The summed E-state index contributed by atoms with van der Waals surface area (Å²) < 4.78 is 39.3. The van der Waals surface area contributed by atoms with E-state index in [1.807, 2.05) is 13.8 Å². The number of hydrogen-bond donors (Lipinski definition) is 1. The molecule has 19 heavy (non-hydrogen) atoms. The molecule has 0 saturated heterocycles. The van der Waals surface area contributed by atoms with Gasteiger partial charge in [0.2, 0.25) is 10.0 Å². The van der Waals surface area contributed by atoms with Crippen LogP contribution in [0.2, 0.25) is 0 Å². The molecule has 0 radical (unpaired) electrons. The first-order valence-corrected chi connectivity index (χ1v) is 7.62. The summed E-state index contributed by atoms with van der Waals surface area (Å²) in [6.07, 6.45) is 0.769. The number of nitrogen functional groups attached to an aromatic ring is 1. The zero-order valence-electron chi connectivity index (χ0n) is 11.8. The van der Waals surface area contributed by atoms with Crippen molar-refractivity contribution in [1.29, 1.82) is 0 Å². The van der Waals surface area contributed by atoms with Crippen LogP contribution in [0, 0.1) is 18.7 Å². The average molecular weight is 288 g/mol. The Morgan fingerprint density at radius 3 is 2.47 bits per heavy atom. The Bertz CT molecular complexity index is 556. The van der Waals surface area contributed by atoms with Crippen molar-refractivity contribution in [3.8, 4) is 0 Å². The summed E-state index contributed by atoms with van der Waals surface area (Å²) in [7, 11) is -2.09. The maximum absolute atomic E-state index is 13.3. The van der Waals surface area contributed by atoms with Gasteiger partial charge >= 0.3 is 0 Å². The summed E-state index contributed by atoms with van der Waals surface area (Å²) in [6.45, 7) is 6.05. The van der Waals surface area contributed by atoms with E-state index in [1.165, 1.54) is 17.4 Å². The summed E-state index contributed by atoms with van der Waals surface area (Å²) in [5, 5.41) is 0. The van der Waals surface area contributed by atoms with Crippen molar-refractivity contribution in [2.24, 2.45) is 5.92 Å². The predicted octanol–water partition coefficient (Wildman–Crippen LogP) is 2.38. The minimum Gasteiger partial charge on any atom is -0.396 e. The van der Waals surface area contributed by atoms with Crippen molar-refractivity contribution in [2.75, 3.05) is 19.3 Å². The zero-order valence-corrected chi connectivity index (χ0v) is 12.6. The van der Waals surface area contributed by atoms with Crippen LogP contribution in [0.25, 0.3) is 0 Å². The standard InChI is InChI=1S/C13H21FN2O2S/c1-9(2)5-6-16(4)19(17,18)13-8-12(15)11(14)7-10(13)3/h7-9H,5-6,15H2,1-4H3. The molecule has 0 heterocycles. The highest BCUT2D eigenvalue weighted by molar-refractivity contribution is 7.89. The van der Waals surface area contributed by atoms with Gasteiger partial charge in [0.25, 0.3) is 0 Å². The fraction of sp³-hybridized carbons (Fsp3) is 0.538. The molecule has 4 nitrogen and oxygen atoms in total. The van der Waals surface area contributed by atoms with Crippen molar-refractivity contribution >= 4 is 15.7 Å². The largest absolute Gasteiger partial charge is 0.396 e. The summed E-state index contributed by atoms with van der Waals surface area (Å²) in [5.41, 5.74) is 5.66. The SMILES string of the molecule is Cc1cc(F)c(N)cc1S(=O)(=O)N(C)CCC(C)C. The van der Waals surface area contributed by atoms with E-state index in [9.17, 15) is 12.8 Å². The van der Waals surface area contributed by atoms with Crippen LogP contribution in [0.3, 0.4) is 0 Å². The van der Waals surface area contributed by atoms with Gasteiger partial charge in [0, 0.05) is 13.6 Å². The first-order chi connectivity index (χ1) is 8.66. The average Bonchev–Trinajstić information content (AvgIpc) is 2.30. The van der Waals surface area contributed by atoms with E-state index < -0.39 is 15.8 Å². The fourth-order valence-corrected chi connectivity index (χ4v) is 3.10. The number of nitrogens with zero attached hydrogens (tertiary/aromatic N) is 1. The summed E-state index contributed by atoms with van der Waals surface area (Å²) >= 11 is 0. The number of benzene rings is 1. The van der Waals surface area contributed by atoms with E-state index >= 15 is 0 Å². The van der Waals surface area contributed by atoms with Crippen molar-refractivity contribution < 1.29 is 12.8 Å². The zero-order chi connectivity index (χ0) is 14.8. The fourth-order valence-electron chi connectivity index (χ4n) is 1.67. The number of rotatable bonds is 5. The van der Waals surface area contributed by atoms with Crippen molar-refractivity contribution in [1.82, 2.24) is 4.31 Å². The Hall–Kier alpha value is -1.14. The molecule has 0 aromatic heterocycles. The van der Waals surface area contributed by atoms with Crippen LogP contribution in [0.4, 0.5) is 10.1 Å². The van der Waals surface area contributed by atoms with Gasteiger partial charge in [-0.25, -0.2) is 17.1 Å². The molecule has 1 rings (SSSR count). The van der Waals surface area contributed by atoms with Crippen LogP contribution in [-0.2, 0) is 10.0 Å². The Labute approximate surface area is 114 Å². The predicted molar refractivity (Wildman–Crippen MR) is 74.8 cm³/mol. The molecule has 0 aliphatic rings. The Morgan fingerprint density at radius 1 is 1.37 bits per heavy atom. The summed E-state index contributed by atoms with van der Waals surface area (Å²) in [5.74, 6) is -0.182. The van der Waals surface area contributed by atoms with Gasteiger partial charge in [0.15, 0.2) is 0 Å². The van der Waals surface area contributed by atoms with E-state index in [-0.39, 0.29) is 10.6 Å². The molecule has 0 fully saturated rings. The molecular formula is C13H21FN2O2S. The van der Waals surface area contributed by atoms with Crippen LogP contribution in [-0.4, -0.2) is 26.3 Å². The lowest BCUT2D eigenvalue weighted by molar-refractivity contribution is 0.427. The third-order valence-corrected chi connectivity index (χ3v) is 5.00. The molecule has 1 aromatic rings. The van der Waals surface area contributed by atoms with Gasteiger partial charge in [-0.15, -0.1) is 0 Å². The van der Waals surface area contributed by atoms with Gasteiger partial charge in [-0.2, -0.15) is 0 Å². The van der Waals surface area contributed by atoms with Gasteiger partial charge in [0.05, 0.1) is 10.6 Å². The second-order valence-electron chi connectivity index (χ2n) is 5.15. The topological polar surface area (TPSA) is 63.4 Å². The lowest BCUT2D eigenvalue weighted by atomic mass is 10.1. The smallest absolute Gasteiger partial charge is 0.243 e. The maximum Gasteiger partial charge on any atom is 0.243 e. The summed E-state index contributed by atoms with van der Waals surface area (Å²) in [4.78, 5) is 0.0673. The van der Waals surface area contributed by atoms with E-state index in [2.05, 4.69) is 0 Å². The number of hydrogen-bond acceptors (Lipinski definition) is 3. The second-order valence-corrected chi connectivity index (χ2v) is 7.16. The monoisotopic (exact) mass is 288 g/mol. The van der Waals surface area contributed by atoms with Crippen LogP contribution in [0.1, 0.15) is 25.8 Å². The number of anilines is 1. The molecule has 0 spiro atoms.